The number of aromatic nitrogens is 5. The van der Waals surface area contributed by atoms with Crippen molar-refractivity contribution in [3.8, 4) is 23.0 Å². The van der Waals surface area contributed by atoms with Gasteiger partial charge in [0, 0.05) is 41.1 Å². The summed E-state index contributed by atoms with van der Waals surface area (Å²) in [6, 6.07) is 9.30. The minimum Gasteiger partial charge on any atom is -0.378 e. The van der Waals surface area contributed by atoms with Crippen LogP contribution in [0.15, 0.2) is 48.5 Å². The van der Waals surface area contributed by atoms with E-state index in [0.717, 1.165) is 31.2 Å². The number of alkyl halides is 5. The number of carbonyl (C=O) groups is 1. The Labute approximate surface area is 326 Å². The van der Waals surface area contributed by atoms with Crippen LogP contribution in [0.2, 0.25) is 0 Å². The predicted octanol–water partition coefficient (Wildman–Crippen LogP) is 6.47. The number of nitrogens with one attached hydrogen (secondary N) is 2. The van der Waals surface area contributed by atoms with Crippen LogP contribution < -0.4 is 10.0 Å². The van der Waals surface area contributed by atoms with Crippen molar-refractivity contribution in [2.75, 3.05) is 11.0 Å². The van der Waals surface area contributed by atoms with Crippen molar-refractivity contribution in [2.24, 2.45) is 13.0 Å². The Morgan fingerprint density at radius 1 is 1.05 bits per heavy atom. The van der Waals surface area contributed by atoms with Gasteiger partial charge in [0.25, 0.3) is 5.92 Å². The number of hydrogen-bond donors (Lipinski definition) is 3. The first-order valence-corrected chi connectivity index (χ1v) is 20.1. The van der Waals surface area contributed by atoms with Crippen molar-refractivity contribution in [3.05, 3.63) is 94.1 Å². The molecule has 304 valence electrons. The molecule has 3 aromatic heterocycles. The molecule has 3 atom stereocenters. The molecule has 3 aliphatic carbocycles. The molecule has 2 saturated carbocycles. The Kier molecular flexibility index (Phi) is 9.38. The SMILES string of the molecule is Cn1nc(NS(C)(=O)=O)c2cccc(-c3ccc(C#CC4(O)CCCC4)nc3C(Cc3cc(F)cc(F)c3)NC(=O)Cn3nc(C(F)(F)F)c4c3C(F)(F)[C@@H]3C[C@H]43)c21. The maximum absolute atomic E-state index is 15.4. The molecule has 2 aromatic carbocycles. The lowest BCUT2D eigenvalue weighted by atomic mass is 9.93. The monoisotopic (exact) mass is 829 g/mol. The van der Waals surface area contributed by atoms with Gasteiger partial charge >= 0.3 is 6.18 Å². The molecule has 0 aliphatic heterocycles. The number of fused-ring (bicyclic) bond motifs is 4. The Balaban J connectivity index is 1.26. The van der Waals surface area contributed by atoms with Gasteiger partial charge in [-0.25, -0.2) is 22.2 Å². The van der Waals surface area contributed by atoms with Gasteiger partial charge in [-0.3, -0.25) is 18.9 Å². The van der Waals surface area contributed by atoms with Crippen LogP contribution in [-0.2, 0) is 46.9 Å². The number of sulfonamides is 1. The Bertz CT molecular complexity index is 2660. The zero-order valence-electron chi connectivity index (χ0n) is 30.8. The van der Waals surface area contributed by atoms with Crippen molar-refractivity contribution in [1.82, 2.24) is 29.9 Å². The molecule has 0 spiro atoms. The van der Waals surface area contributed by atoms with E-state index in [4.69, 9.17) is 4.98 Å². The van der Waals surface area contributed by atoms with Gasteiger partial charge in [-0.05, 0) is 86.3 Å². The minimum atomic E-state index is -5.07. The fourth-order valence-electron chi connectivity index (χ4n) is 8.26. The number of pyridine rings is 1. The second-order valence-electron chi connectivity index (χ2n) is 15.1. The second-order valence-corrected chi connectivity index (χ2v) is 16.9. The van der Waals surface area contributed by atoms with Crippen LogP contribution in [0.4, 0.5) is 36.6 Å². The summed E-state index contributed by atoms with van der Waals surface area (Å²) in [5, 5.41) is 21.8. The Morgan fingerprint density at radius 3 is 2.43 bits per heavy atom. The number of halogens is 7. The number of para-hydroxylation sites is 1. The van der Waals surface area contributed by atoms with Crippen LogP contribution in [0.25, 0.3) is 22.0 Å². The first kappa shape index (κ1) is 39.4. The second kappa shape index (κ2) is 13.8. The number of aryl methyl sites for hydroxylation is 1. The Morgan fingerprint density at radius 2 is 1.76 bits per heavy atom. The number of carbonyl (C=O) groups excluding carboxylic acids is 1. The third kappa shape index (κ3) is 7.39. The summed E-state index contributed by atoms with van der Waals surface area (Å²) in [5.74, 6) is -3.29. The molecular weight excluding hydrogens is 796 g/mol. The molecule has 0 bridgehead atoms. The lowest BCUT2D eigenvalue weighted by Gasteiger charge is -2.23. The first-order chi connectivity index (χ1) is 27.2. The third-order valence-electron chi connectivity index (χ3n) is 10.7. The summed E-state index contributed by atoms with van der Waals surface area (Å²) < 4.78 is 131. The molecule has 0 saturated heterocycles. The molecule has 58 heavy (non-hydrogen) atoms. The fraction of sp³-hybridized carbons (Fsp3) is 0.385. The highest BCUT2D eigenvalue weighted by molar-refractivity contribution is 7.92. The lowest BCUT2D eigenvalue weighted by molar-refractivity contribution is -0.142. The van der Waals surface area contributed by atoms with E-state index < -0.39 is 86.6 Å². The molecule has 3 N–H and O–H groups in total. The molecule has 3 heterocycles. The van der Waals surface area contributed by atoms with E-state index in [2.05, 4.69) is 32.1 Å². The minimum absolute atomic E-state index is 0.00293. The lowest BCUT2D eigenvalue weighted by Crippen LogP contribution is -2.35. The number of hydrogen-bond acceptors (Lipinski definition) is 7. The molecule has 1 unspecified atom stereocenters. The molecule has 11 nitrogen and oxygen atoms in total. The number of amides is 1. The highest BCUT2D eigenvalue weighted by Crippen LogP contribution is 2.68. The maximum atomic E-state index is 15.4. The van der Waals surface area contributed by atoms with Crippen molar-refractivity contribution < 1.29 is 49.1 Å². The van der Waals surface area contributed by atoms with Crippen LogP contribution in [0, 0.1) is 29.4 Å². The summed E-state index contributed by atoms with van der Waals surface area (Å²) in [5.41, 5.74) is -3.13. The summed E-state index contributed by atoms with van der Waals surface area (Å²) in [6.45, 7) is -1.07. The molecular formula is C39H34F7N7O4S. The van der Waals surface area contributed by atoms with Crippen molar-refractivity contribution in [3.63, 3.8) is 0 Å². The third-order valence-corrected chi connectivity index (χ3v) is 11.3. The number of nitrogens with zero attached hydrogens (tertiary/aromatic N) is 5. The number of anilines is 1. The van der Waals surface area contributed by atoms with Gasteiger partial charge in [0.05, 0.1) is 23.5 Å². The summed E-state index contributed by atoms with van der Waals surface area (Å²) in [6.07, 6.45) is -2.27. The van der Waals surface area contributed by atoms with Crippen LogP contribution in [0.3, 0.4) is 0 Å². The molecule has 1 amide bonds. The van der Waals surface area contributed by atoms with Crippen molar-refractivity contribution in [2.45, 2.75) is 74.7 Å². The smallest absolute Gasteiger partial charge is 0.378 e. The molecule has 8 rings (SSSR count). The average Bonchev–Trinajstić information content (AvgIpc) is 3.36. The largest absolute Gasteiger partial charge is 0.435 e. The van der Waals surface area contributed by atoms with E-state index in [1.165, 1.54) is 10.7 Å². The zero-order chi connectivity index (χ0) is 41.5. The average molecular weight is 830 g/mol. The summed E-state index contributed by atoms with van der Waals surface area (Å²) in [7, 11) is -2.22. The number of aliphatic hydroxyl groups is 1. The molecule has 5 aromatic rings. The standard InChI is InChI=1S/C39H34F7N7O4S/c1-52-33-25(6-5-7-26(33)36(50-52)51-58(2,56)57)24-9-8-23(10-13-37(55)11-3-4-12-37)47-32(24)29(16-20-14-21(40)17-22(41)15-20)48-30(54)19-53-35-31(34(49-53)39(44,45)46)27-18-28(27)38(35,42)43/h5-9,14-15,17,27-29,55H,3-4,11-12,16,18-19H2,1-2H3,(H,48,54)(H,50,51)/t27-,28+,29?/m0/s1. The fourth-order valence-corrected chi connectivity index (χ4v) is 8.76. The van der Waals surface area contributed by atoms with E-state index >= 15 is 8.78 Å². The van der Waals surface area contributed by atoms with Gasteiger partial charge in [-0.2, -0.15) is 32.1 Å². The summed E-state index contributed by atoms with van der Waals surface area (Å²) >= 11 is 0. The van der Waals surface area contributed by atoms with Crippen LogP contribution >= 0.6 is 0 Å². The first-order valence-electron chi connectivity index (χ1n) is 18.2. The molecule has 2 fully saturated rings. The molecule has 0 radical (unpaired) electrons. The highest BCUT2D eigenvalue weighted by atomic mass is 32.2. The van der Waals surface area contributed by atoms with Crippen molar-refractivity contribution >= 4 is 32.7 Å². The molecule has 3 aliphatic rings. The number of benzene rings is 2. The highest BCUT2D eigenvalue weighted by Gasteiger charge is 2.68. The quantitative estimate of drug-likeness (QED) is 0.114. The topological polar surface area (TPSA) is 144 Å². The van der Waals surface area contributed by atoms with Gasteiger partial charge < -0.3 is 10.4 Å². The summed E-state index contributed by atoms with van der Waals surface area (Å²) in [4.78, 5) is 18.7. The van der Waals surface area contributed by atoms with E-state index in [0.29, 0.717) is 40.1 Å². The van der Waals surface area contributed by atoms with Crippen LogP contribution in [-0.4, -0.2) is 55.8 Å². The van der Waals surface area contributed by atoms with E-state index in [-0.39, 0.29) is 41.2 Å². The molecule has 19 heteroatoms. The van der Waals surface area contributed by atoms with Gasteiger partial charge in [0.15, 0.2) is 11.5 Å². The van der Waals surface area contributed by atoms with Crippen molar-refractivity contribution in [1.29, 1.82) is 0 Å². The van der Waals surface area contributed by atoms with Gasteiger partial charge in [0.2, 0.25) is 15.9 Å². The van der Waals surface area contributed by atoms with Crippen LogP contribution in [0.5, 0.6) is 0 Å². The Hall–Kier alpha value is -5.48. The predicted molar refractivity (Wildman–Crippen MR) is 196 cm³/mol. The van der Waals surface area contributed by atoms with E-state index in [1.807, 2.05) is 0 Å². The van der Waals surface area contributed by atoms with Gasteiger partial charge in [0.1, 0.15) is 35.2 Å². The van der Waals surface area contributed by atoms with Gasteiger partial charge in [-0.15, -0.1) is 0 Å². The maximum Gasteiger partial charge on any atom is 0.435 e. The van der Waals surface area contributed by atoms with E-state index in [1.54, 1.807) is 31.3 Å². The van der Waals surface area contributed by atoms with Crippen LogP contribution in [0.1, 0.15) is 78.0 Å². The van der Waals surface area contributed by atoms with E-state index in [9.17, 15) is 40.3 Å². The number of rotatable bonds is 9. The normalized spacial score (nSPS) is 19.6. The zero-order valence-corrected chi connectivity index (χ0v) is 31.6. The van der Waals surface area contributed by atoms with Gasteiger partial charge in [-0.1, -0.05) is 18.1 Å².